The number of hydrogen-bond acceptors (Lipinski definition) is 5. The van der Waals surface area contributed by atoms with Gasteiger partial charge in [-0.2, -0.15) is 4.37 Å². The molecule has 0 spiro atoms. The summed E-state index contributed by atoms with van der Waals surface area (Å²) in [5.41, 5.74) is 7.26. The highest BCUT2D eigenvalue weighted by molar-refractivity contribution is 8.01. The summed E-state index contributed by atoms with van der Waals surface area (Å²) in [6, 6.07) is 3.10. The number of aromatic nitrogens is 2. The fourth-order valence-electron chi connectivity index (χ4n) is 1.42. The van der Waals surface area contributed by atoms with E-state index in [0.29, 0.717) is 5.56 Å². The van der Waals surface area contributed by atoms with Crippen molar-refractivity contribution in [2.75, 3.05) is 0 Å². The molecule has 1 atom stereocenters. The third kappa shape index (κ3) is 2.83. The quantitative estimate of drug-likeness (QED) is 0.930. The summed E-state index contributed by atoms with van der Waals surface area (Å²) >= 11 is 2.79. The minimum absolute atomic E-state index is 0.208. The molecule has 0 fully saturated rings. The Bertz CT molecular complexity index is 512. The van der Waals surface area contributed by atoms with Crippen LogP contribution in [-0.2, 0) is 0 Å². The third-order valence-electron chi connectivity index (χ3n) is 2.32. The number of benzene rings is 1. The first-order valence-electron chi connectivity index (χ1n) is 5.08. The first-order valence-corrected chi connectivity index (χ1v) is 6.67. The van der Waals surface area contributed by atoms with Crippen LogP contribution in [0, 0.1) is 12.7 Å². The molecule has 0 saturated carbocycles. The Hall–Kier alpha value is -0.980. The van der Waals surface area contributed by atoms with Gasteiger partial charge in [0.05, 0.1) is 0 Å². The molecule has 0 aliphatic carbocycles. The predicted molar refractivity (Wildman–Crippen MR) is 67.8 cm³/mol. The maximum atomic E-state index is 13.5. The normalized spacial score (nSPS) is 12.7. The Morgan fingerprint density at radius 2 is 2.24 bits per heavy atom. The van der Waals surface area contributed by atoms with E-state index in [-0.39, 0.29) is 11.9 Å². The zero-order valence-electron chi connectivity index (χ0n) is 9.48. The van der Waals surface area contributed by atoms with Crippen LogP contribution in [-0.4, -0.2) is 9.36 Å². The first-order chi connectivity index (χ1) is 8.08. The highest BCUT2D eigenvalue weighted by Gasteiger charge is 2.13. The van der Waals surface area contributed by atoms with Crippen LogP contribution in [0.4, 0.5) is 4.39 Å². The minimum atomic E-state index is -0.223. The van der Waals surface area contributed by atoms with Crippen LogP contribution in [0.5, 0.6) is 0 Å². The van der Waals surface area contributed by atoms with Crippen molar-refractivity contribution in [1.82, 2.24) is 9.36 Å². The fraction of sp³-hybridized carbons (Fsp3) is 0.273. The molecule has 1 heterocycles. The second kappa shape index (κ2) is 5.12. The molecule has 0 aliphatic heterocycles. The van der Waals surface area contributed by atoms with Gasteiger partial charge in [-0.3, -0.25) is 0 Å². The lowest BCUT2D eigenvalue weighted by Crippen LogP contribution is -2.07. The van der Waals surface area contributed by atoms with Crippen LogP contribution < -0.4 is 5.73 Å². The van der Waals surface area contributed by atoms with Gasteiger partial charge >= 0.3 is 0 Å². The fourth-order valence-corrected chi connectivity index (χ4v) is 3.13. The van der Waals surface area contributed by atoms with E-state index in [1.807, 2.05) is 6.92 Å². The van der Waals surface area contributed by atoms with Crippen LogP contribution in [0.2, 0.25) is 0 Å². The second-order valence-electron chi connectivity index (χ2n) is 3.74. The smallest absolute Gasteiger partial charge is 0.174 e. The molecule has 2 aromatic rings. The van der Waals surface area contributed by atoms with Crippen molar-refractivity contribution in [2.45, 2.75) is 29.1 Å². The second-order valence-corrected chi connectivity index (χ2v) is 5.81. The molecule has 0 bridgehead atoms. The highest BCUT2D eigenvalue weighted by Crippen LogP contribution is 2.34. The molecule has 2 N–H and O–H groups in total. The summed E-state index contributed by atoms with van der Waals surface area (Å²) in [6.45, 7) is 3.58. The standard InChI is InChI=1S/C11H12FN3S2/c1-6-3-10(16-11-14-5-15-17-11)8(7(2)13)4-9(6)12/h3-5,7H,13H2,1-2H3. The maximum absolute atomic E-state index is 13.5. The zero-order chi connectivity index (χ0) is 12.4. The average molecular weight is 269 g/mol. The van der Waals surface area contributed by atoms with E-state index < -0.39 is 0 Å². The molecule has 2 rings (SSSR count). The molecule has 90 valence electrons. The Morgan fingerprint density at radius 1 is 1.47 bits per heavy atom. The lowest BCUT2D eigenvalue weighted by molar-refractivity contribution is 0.610. The monoisotopic (exact) mass is 269 g/mol. The van der Waals surface area contributed by atoms with E-state index in [9.17, 15) is 4.39 Å². The molecule has 0 amide bonds. The van der Waals surface area contributed by atoms with Crippen molar-refractivity contribution in [3.8, 4) is 0 Å². The van der Waals surface area contributed by atoms with Gasteiger partial charge in [0.1, 0.15) is 12.1 Å². The van der Waals surface area contributed by atoms with Gasteiger partial charge in [0.15, 0.2) is 4.34 Å². The number of rotatable bonds is 3. The topological polar surface area (TPSA) is 51.8 Å². The van der Waals surface area contributed by atoms with Gasteiger partial charge in [0.25, 0.3) is 0 Å². The van der Waals surface area contributed by atoms with Gasteiger partial charge in [-0.05, 0) is 48.6 Å². The van der Waals surface area contributed by atoms with E-state index in [0.717, 1.165) is 14.8 Å². The Morgan fingerprint density at radius 3 is 2.82 bits per heavy atom. The summed E-state index contributed by atoms with van der Waals surface area (Å²) in [5, 5.41) is 0. The molecule has 0 radical (unpaired) electrons. The van der Waals surface area contributed by atoms with E-state index >= 15 is 0 Å². The van der Waals surface area contributed by atoms with Crippen molar-refractivity contribution in [3.05, 3.63) is 35.4 Å². The molecule has 1 aromatic carbocycles. The van der Waals surface area contributed by atoms with Gasteiger partial charge in [0, 0.05) is 10.9 Å². The predicted octanol–water partition coefficient (Wildman–Crippen LogP) is 3.16. The van der Waals surface area contributed by atoms with Gasteiger partial charge in [0.2, 0.25) is 0 Å². The van der Waals surface area contributed by atoms with Crippen molar-refractivity contribution >= 4 is 23.3 Å². The first kappa shape index (κ1) is 12.5. The van der Waals surface area contributed by atoms with Crippen LogP contribution in [0.15, 0.2) is 27.7 Å². The van der Waals surface area contributed by atoms with Crippen molar-refractivity contribution in [1.29, 1.82) is 0 Å². The van der Waals surface area contributed by atoms with E-state index in [1.54, 1.807) is 13.0 Å². The lowest BCUT2D eigenvalue weighted by atomic mass is 10.1. The SMILES string of the molecule is Cc1cc(Sc2ncns2)c(C(C)N)cc1F. The molecule has 3 nitrogen and oxygen atoms in total. The lowest BCUT2D eigenvalue weighted by Gasteiger charge is -2.12. The van der Waals surface area contributed by atoms with Gasteiger partial charge in [-0.25, -0.2) is 9.37 Å². The van der Waals surface area contributed by atoms with Gasteiger partial charge in [-0.15, -0.1) is 0 Å². The van der Waals surface area contributed by atoms with E-state index in [4.69, 9.17) is 5.73 Å². The average Bonchev–Trinajstić information content (AvgIpc) is 2.75. The number of hydrogen-bond donors (Lipinski definition) is 1. The molecule has 1 unspecified atom stereocenters. The summed E-state index contributed by atoms with van der Waals surface area (Å²) in [5.74, 6) is -0.223. The van der Waals surface area contributed by atoms with Crippen LogP contribution >= 0.6 is 23.3 Å². The van der Waals surface area contributed by atoms with Gasteiger partial charge in [-0.1, -0.05) is 11.8 Å². The zero-order valence-corrected chi connectivity index (χ0v) is 11.1. The molecule has 0 aliphatic rings. The van der Waals surface area contributed by atoms with Crippen LogP contribution in [0.25, 0.3) is 0 Å². The largest absolute Gasteiger partial charge is 0.324 e. The molecule has 0 saturated heterocycles. The van der Waals surface area contributed by atoms with Crippen LogP contribution in [0.1, 0.15) is 24.1 Å². The summed E-state index contributed by atoms with van der Waals surface area (Å²) < 4.78 is 18.3. The van der Waals surface area contributed by atoms with Crippen molar-refractivity contribution in [3.63, 3.8) is 0 Å². The van der Waals surface area contributed by atoms with E-state index in [2.05, 4.69) is 9.36 Å². The molecular weight excluding hydrogens is 257 g/mol. The molecule has 6 heteroatoms. The molecule has 1 aromatic heterocycles. The maximum Gasteiger partial charge on any atom is 0.174 e. The Labute approximate surface area is 107 Å². The van der Waals surface area contributed by atoms with Crippen molar-refractivity contribution in [2.24, 2.45) is 5.73 Å². The Balaban J connectivity index is 2.41. The highest BCUT2D eigenvalue weighted by atomic mass is 32.2. The number of halogens is 1. The Kier molecular flexibility index (Phi) is 3.76. The number of nitrogens with two attached hydrogens (primary N) is 1. The van der Waals surface area contributed by atoms with Crippen LogP contribution in [0.3, 0.4) is 0 Å². The molecular formula is C11H12FN3S2. The van der Waals surface area contributed by atoms with Crippen molar-refractivity contribution < 1.29 is 4.39 Å². The molecule has 17 heavy (non-hydrogen) atoms. The summed E-state index contributed by atoms with van der Waals surface area (Å²) in [4.78, 5) is 5.04. The van der Waals surface area contributed by atoms with E-state index in [1.165, 1.54) is 35.7 Å². The minimum Gasteiger partial charge on any atom is -0.324 e. The third-order valence-corrected chi connectivity index (χ3v) is 4.11. The van der Waals surface area contributed by atoms with Gasteiger partial charge < -0.3 is 5.73 Å². The summed E-state index contributed by atoms with van der Waals surface area (Å²) in [6.07, 6.45) is 1.51. The number of aryl methyl sites for hydroxylation is 1. The summed E-state index contributed by atoms with van der Waals surface area (Å²) in [7, 11) is 0. The number of nitrogens with zero attached hydrogens (tertiary/aromatic N) is 2.